The number of benzene rings is 2. The number of aromatic nitrogens is 1. The number of carboxylic acid groups (broad SMARTS) is 1. The summed E-state index contributed by atoms with van der Waals surface area (Å²) in [6, 6.07) is 16.2. The first kappa shape index (κ1) is 24.0. The van der Waals surface area contributed by atoms with Crippen LogP contribution in [0.5, 0.6) is 0 Å². The first-order chi connectivity index (χ1) is 14.5. The molecule has 2 aromatic carbocycles. The van der Waals surface area contributed by atoms with Crippen molar-refractivity contribution in [1.82, 2.24) is 4.98 Å². The van der Waals surface area contributed by atoms with E-state index in [1.165, 1.54) is 18.4 Å². The van der Waals surface area contributed by atoms with E-state index in [0.717, 1.165) is 34.8 Å². The molecule has 0 saturated heterocycles. The Bertz CT molecular complexity index is 1010. The van der Waals surface area contributed by atoms with E-state index >= 15 is 0 Å². The van der Waals surface area contributed by atoms with Gasteiger partial charge < -0.3 is 14.8 Å². The number of hydrogen-bond donors (Lipinski definition) is 0. The van der Waals surface area contributed by atoms with Gasteiger partial charge in [0.1, 0.15) is 0 Å². The Hall–Kier alpha value is -1.66. The van der Waals surface area contributed by atoms with E-state index in [9.17, 15) is 9.90 Å². The van der Waals surface area contributed by atoms with Gasteiger partial charge >= 0.3 is 29.6 Å². The van der Waals surface area contributed by atoms with Gasteiger partial charge in [-0.05, 0) is 41.5 Å². The third-order valence-corrected chi connectivity index (χ3v) is 6.77. The van der Waals surface area contributed by atoms with Crippen LogP contribution in [0.4, 0.5) is 5.13 Å². The van der Waals surface area contributed by atoms with E-state index in [1.54, 1.807) is 29.5 Å². The molecule has 0 N–H and O–H groups in total. The number of thiazole rings is 1. The maximum Gasteiger partial charge on any atom is 1.00 e. The smallest absolute Gasteiger partial charge is 0.545 e. The van der Waals surface area contributed by atoms with E-state index in [0.29, 0.717) is 18.5 Å². The third-order valence-electron chi connectivity index (χ3n) is 5.89. The van der Waals surface area contributed by atoms with Gasteiger partial charge in [0.25, 0.3) is 0 Å². The summed E-state index contributed by atoms with van der Waals surface area (Å²) in [5.41, 5.74) is 4.66. The van der Waals surface area contributed by atoms with Crippen LogP contribution in [0, 0.1) is 0 Å². The summed E-state index contributed by atoms with van der Waals surface area (Å²) in [5.74, 6) is -0.620. The summed E-state index contributed by atoms with van der Waals surface area (Å²) < 4.78 is 0. The summed E-state index contributed by atoms with van der Waals surface area (Å²) in [6.07, 6.45) is 4.76. The van der Waals surface area contributed by atoms with Gasteiger partial charge in [0.05, 0.1) is 11.7 Å². The normalized spacial score (nSPS) is 13.9. The SMILES string of the molecule is CC(C)c1ccc(-c2csc(N(Cc3cccc(C(=O)[O-])c3)C3CCCC3)n2)cc1.[Na+]. The Kier molecular flexibility index (Phi) is 8.34. The van der Waals surface area contributed by atoms with Gasteiger partial charge in [-0.1, -0.05) is 69.2 Å². The summed E-state index contributed by atoms with van der Waals surface area (Å²) >= 11 is 1.67. The average molecular weight is 443 g/mol. The Labute approximate surface area is 210 Å². The maximum absolute atomic E-state index is 11.3. The summed E-state index contributed by atoms with van der Waals surface area (Å²) in [4.78, 5) is 18.6. The minimum atomic E-state index is -1.13. The zero-order valence-electron chi connectivity index (χ0n) is 18.5. The standard InChI is InChI=1S/C25H28N2O2S.Na/c1-17(2)19-10-12-20(13-11-19)23-16-30-25(26-23)27(22-8-3-4-9-22)15-18-6-5-7-21(14-18)24(28)29;/h5-7,10-14,16-17,22H,3-4,8-9,15H2,1-2H3,(H,28,29);/q;+1/p-1. The van der Waals surface area contributed by atoms with E-state index < -0.39 is 5.97 Å². The van der Waals surface area contributed by atoms with Crippen LogP contribution < -0.4 is 39.6 Å². The van der Waals surface area contributed by atoms with Crippen molar-refractivity contribution < 1.29 is 39.5 Å². The first-order valence-corrected chi connectivity index (χ1v) is 11.5. The molecule has 4 rings (SSSR count). The molecule has 1 heterocycles. The zero-order valence-corrected chi connectivity index (χ0v) is 21.3. The Morgan fingerprint density at radius 2 is 1.87 bits per heavy atom. The molecule has 0 atom stereocenters. The van der Waals surface area contributed by atoms with Gasteiger partial charge in [0.15, 0.2) is 5.13 Å². The first-order valence-electron chi connectivity index (χ1n) is 10.6. The van der Waals surface area contributed by atoms with Crippen molar-refractivity contribution in [2.75, 3.05) is 4.90 Å². The number of nitrogens with zero attached hydrogens (tertiary/aromatic N) is 2. The van der Waals surface area contributed by atoms with Crippen molar-refractivity contribution in [2.45, 2.75) is 58.0 Å². The number of carbonyl (C=O) groups excluding carboxylic acids is 1. The van der Waals surface area contributed by atoms with E-state index in [4.69, 9.17) is 4.98 Å². The molecule has 1 fully saturated rings. The van der Waals surface area contributed by atoms with Gasteiger partial charge in [-0.25, -0.2) is 4.98 Å². The number of carboxylic acids is 1. The van der Waals surface area contributed by atoms with Crippen LogP contribution in [0.3, 0.4) is 0 Å². The monoisotopic (exact) mass is 442 g/mol. The molecular weight excluding hydrogens is 415 g/mol. The molecule has 0 unspecified atom stereocenters. The van der Waals surface area contributed by atoms with E-state index in [1.807, 2.05) is 6.07 Å². The van der Waals surface area contributed by atoms with Gasteiger partial charge in [-0.2, -0.15) is 0 Å². The van der Waals surface area contributed by atoms with Crippen LogP contribution in [-0.4, -0.2) is 17.0 Å². The number of aromatic carboxylic acids is 1. The molecule has 6 heteroatoms. The minimum Gasteiger partial charge on any atom is -0.545 e. The van der Waals surface area contributed by atoms with Gasteiger partial charge in [0.2, 0.25) is 0 Å². The molecule has 1 aliphatic carbocycles. The average Bonchev–Trinajstić information content (AvgIpc) is 3.45. The molecule has 0 spiro atoms. The molecule has 31 heavy (non-hydrogen) atoms. The van der Waals surface area contributed by atoms with Gasteiger partial charge in [-0.3, -0.25) is 0 Å². The summed E-state index contributed by atoms with van der Waals surface area (Å²) in [7, 11) is 0. The van der Waals surface area contributed by atoms with Crippen molar-refractivity contribution >= 4 is 22.4 Å². The molecule has 0 bridgehead atoms. The fraction of sp³-hybridized carbons (Fsp3) is 0.360. The topological polar surface area (TPSA) is 56.3 Å². The second kappa shape index (κ2) is 10.8. The van der Waals surface area contributed by atoms with Crippen LogP contribution in [0.2, 0.25) is 0 Å². The predicted molar refractivity (Wildman–Crippen MR) is 121 cm³/mol. The molecule has 0 radical (unpaired) electrons. The quantitative estimate of drug-likeness (QED) is 0.527. The van der Waals surface area contributed by atoms with Crippen molar-refractivity contribution in [2.24, 2.45) is 0 Å². The second-order valence-electron chi connectivity index (χ2n) is 8.35. The molecule has 3 aromatic rings. The largest absolute Gasteiger partial charge is 1.00 e. The Balaban J connectivity index is 0.00000272. The zero-order chi connectivity index (χ0) is 21.1. The molecule has 1 saturated carbocycles. The van der Waals surface area contributed by atoms with Gasteiger partial charge in [0, 0.05) is 23.5 Å². The van der Waals surface area contributed by atoms with Crippen molar-refractivity contribution in [3.05, 3.63) is 70.6 Å². The van der Waals surface area contributed by atoms with Crippen LogP contribution in [-0.2, 0) is 6.54 Å². The molecular formula is C25H27N2NaO2S. The van der Waals surface area contributed by atoms with Gasteiger partial charge in [-0.15, -0.1) is 11.3 Å². The predicted octanol–water partition coefficient (Wildman–Crippen LogP) is 2.25. The summed E-state index contributed by atoms with van der Waals surface area (Å²) in [5, 5.41) is 14.4. The molecule has 1 aromatic heterocycles. The van der Waals surface area contributed by atoms with E-state index in [2.05, 4.69) is 48.4 Å². The fourth-order valence-electron chi connectivity index (χ4n) is 4.13. The second-order valence-corrected chi connectivity index (χ2v) is 9.18. The van der Waals surface area contributed by atoms with Crippen LogP contribution in [0.15, 0.2) is 53.9 Å². The van der Waals surface area contributed by atoms with E-state index in [-0.39, 0.29) is 35.1 Å². The van der Waals surface area contributed by atoms with Crippen molar-refractivity contribution in [1.29, 1.82) is 0 Å². The van der Waals surface area contributed by atoms with Crippen LogP contribution >= 0.6 is 11.3 Å². The number of hydrogen-bond acceptors (Lipinski definition) is 5. The summed E-state index contributed by atoms with van der Waals surface area (Å²) in [6.45, 7) is 5.06. The van der Waals surface area contributed by atoms with Crippen LogP contribution in [0.1, 0.15) is 66.9 Å². The molecule has 1 aliphatic rings. The number of carbonyl (C=O) groups is 1. The third kappa shape index (κ3) is 5.78. The molecule has 0 aliphatic heterocycles. The minimum absolute atomic E-state index is 0. The molecule has 4 nitrogen and oxygen atoms in total. The van der Waals surface area contributed by atoms with Crippen molar-refractivity contribution in [3.63, 3.8) is 0 Å². The molecule has 156 valence electrons. The number of rotatable bonds is 7. The Morgan fingerprint density at radius 3 is 2.52 bits per heavy atom. The molecule has 0 amide bonds. The number of anilines is 1. The maximum atomic E-state index is 11.3. The fourth-order valence-corrected chi connectivity index (χ4v) is 5.04. The van der Waals surface area contributed by atoms with Crippen molar-refractivity contribution in [3.8, 4) is 11.3 Å². The van der Waals surface area contributed by atoms with Crippen LogP contribution in [0.25, 0.3) is 11.3 Å². The Morgan fingerprint density at radius 1 is 1.16 bits per heavy atom.